The Kier molecular flexibility index (Phi) is 3.43. The molecule has 1 amide bonds. The summed E-state index contributed by atoms with van der Waals surface area (Å²) in [6.45, 7) is 8.50. The van der Waals surface area contributed by atoms with E-state index in [-0.39, 0.29) is 11.3 Å². The second-order valence-corrected chi connectivity index (χ2v) is 6.62. The molecule has 2 rings (SSSR count). The lowest BCUT2D eigenvalue weighted by Crippen LogP contribution is -2.39. The third kappa shape index (κ3) is 2.81. The standard InChI is InChI=1S/C16H23NO2/c1-15(2,16(3,4)19)8-7-11-5-6-12-10-17-14(18)13(12)9-11/h5-6,9,19H,7-8,10H2,1-4H3,(H,17,18). The molecule has 0 unspecified atom stereocenters. The van der Waals surface area contributed by atoms with Crippen molar-refractivity contribution in [2.45, 2.75) is 52.7 Å². The van der Waals surface area contributed by atoms with Gasteiger partial charge in [0.2, 0.25) is 0 Å². The van der Waals surface area contributed by atoms with Gasteiger partial charge in [0.15, 0.2) is 0 Å². The fourth-order valence-electron chi connectivity index (χ4n) is 2.18. The van der Waals surface area contributed by atoms with E-state index in [0.717, 1.165) is 29.5 Å². The largest absolute Gasteiger partial charge is 0.390 e. The van der Waals surface area contributed by atoms with Crippen LogP contribution in [0.15, 0.2) is 18.2 Å². The van der Waals surface area contributed by atoms with Crippen LogP contribution in [0, 0.1) is 5.41 Å². The molecule has 0 spiro atoms. The third-order valence-corrected chi connectivity index (χ3v) is 4.55. The van der Waals surface area contributed by atoms with Gasteiger partial charge in [0.05, 0.1) is 5.60 Å². The second kappa shape index (κ2) is 4.64. The lowest BCUT2D eigenvalue weighted by Gasteiger charge is -2.37. The van der Waals surface area contributed by atoms with Crippen molar-refractivity contribution in [3.63, 3.8) is 0 Å². The van der Waals surface area contributed by atoms with Crippen LogP contribution in [-0.2, 0) is 13.0 Å². The number of carbonyl (C=O) groups is 1. The van der Waals surface area contributed by atoms with Crippen LogP contribution in [-0.4, -0.2) is 16.6 Å². The van der Waals surface area contributed by atoms with Crippen LogP contribution >= 0.6 is 0 Å². The summed E-state index contributed by atoms with van der Waals surface area (Å²) in [5.41, 5.74) is 2.18. The predicted molar refractivity (Wildman–Crippen MR) is 76.0 cm³/mol. The molecular formula is C16H23NO2. The third-order valence-electron chi connectivity index (χ3n) is 4.55. The molecular weight excluding hydrogens is 238 g/mol. The molecule has 0 bridgehead atoms. The van der Waals surface area contributed by atoms with E-state index in [0.29, 0.717) is 6.54 Å². The molecule has 1 aromatic rings. The van der Waals surface area contributed by atoms with Crippen LogP contribution in [0.25, 0.3) is 0 Å². The van der Waals surface area contributed by atoms with Crippen LogP contribution in [0.5, 0.6) is 0 Å². The summed E-state index contributed by atoms with van der Waals surface area (Å²) in [5.74, 6) is 0.0265. The number of fused-ring (bicyclic) bond motifs is 1. The number of hydrogen-bond donors (Lipinski definition) is 2. The molecule has 1 aromatic carbocycles. The molecule has 0 radical (unpaired) electrons. The lowest BCUT2D eigenvalue weighted by atomic mass is 9.73. The zero-order chi connectivity index (χ0) is 14.3. The Morgan fingerprint density at radius 1 is 1.26 bits per heavy atom. The fraction of sp³-hybridized carbons (Fsp3) is 0.562. The smallest absolute Gasteiger partial charge is 0.251 e. The van der Waals surface area contributed by atoms with E-state index in [4.69, 9.17) is 0 Å². The van der Waals surface area contributed by atoms with Gasteiger partial charge in [0.1, 0.15) is 0 Å². The minimum absolute atomic E-state index is 0.0265. The SMILES string of the molecule is CC(C)(O)C(C)(C)CCc1ccc2c(c1)C(=O)NC2. The quantitative estimate of drug-likeness (QED) is 0.875. The van der Waals surface area contributed by atoms with Crippen molar-refractivity contribution in [2.24, 2.45) is 5.41 Å². The first-order chi connectivity index (χ1) is 8.71. The Bertz CT molecular complexity index is 498. The van der Waals surface area contributed by atoms with Gasteiger partial charge in [-0.05, 0) is 49.3 Å². The summed E-state index contributed by atoms with van der Waals surface area (Å²) >= 11 is 0. The van der Waals surface area contributed by atoms with E-state index in [9.17, 15) is 9.90 Å². The lowest BCUT2D eigenvalue weighted by molar-refractivity contribution is -0.0391. The van der Waals surface area contributed by atoms with E-state index in [1.165, 1.54) is 0 Å². The van der Waals surface area contributed by atoms with Crippen molar-refractivity contribution in [1.29, 1.82) is 0 Å². The van der Waals surface area contributed by atoms with Crippen LogP contribution in [0.2, 0.25) is 0 Å². The molecule has 1 heterocycles. The van der Waals surface area contributed by atoms with Gasteiger partial charge >= 0.3 is 0 Å². The molecule has 2 N–H and O–H groups in total. The summed E-state index contributed by atoms with van der Waals surface area (Å²) in [5, 5.41) is 13.0. The van der Waals surface area contributed by atoms with E-state index in [1.54, 1.807) is 0 Å². The molecule has 0 fully saturated rings. The van der Waals surface area contributed by atoms with Crippen LogP contribution in [0.1, 0.15) is 55.6 Å². The fourth-order valence-corrected chi connectivity index (χ4v) is 2.18. The number of hydrogen-bond acceptors (Lipinski definition) is 2. The maximum Gasteiger partial charge on any atom is 0.251 e. The molecule has 0 aromatic heterocycles. The number of nitrogens with one attached hydrogen (secondary N) is 1. The van der Waals surface area contributed by atoms with Crippen molar-refractivity contribution >= 4 is 5.91 Å². The normalized spacial score (nSPS) is 15.3. The minimum atomic E-state index is -0.707. The van der Waals surface area contributed by atoms with Gasteiger partial charge in [-0.1, -0.05) is 26.0 Å². The molecule has 104 valence electrons. The Balaban J connectivity index is 2.09. The van der Waals surface area contributed by atoms with Crippen molar-refractivity contribution < 1.29 is 9.90 Å². The summed E-state index contributed by atoms with van der Waals surface area (Å²) < 4.78 is 0. The van der Waals surface area contributed by atoms with Gasteiger partial charge in [0.25, 0.3) is 5.91 Å². The Morgan fingerprint density at radius 3 is 2.58 bits per heavy atom. The second-order valence-electron chi connectivity index (χ2n) is 6.62. The highest BCUT2D eigenvalue weighted by Crippen LogP contribution is 2.35. The van der Waals surface area contributed by atoms with Gasteiger partial charge in [-0.15, -0.1) is 0 Å². The van der Waals surface area contributed by atoms with E-state index >= 15 is 0 Å². The molecule has 0 saturated heterocycles. The topological polar surface area (TPSA) is 49.3 Å². The van der Waals surface area contributed by atoms with Gasteiger partial charge < -0.3 is 10.4 Å². The van der Waals surface area contributed by atoms with E-state index in [1.807, 2.05) is 26.0 Å². The molecule has 0 atom stereocenters. The van der Waals surface area contributed by atoms with Crippen molar-refractivity contribution in [3.05, 3.63) is 34.9 Å². The predicted octanol–water partition coefficient (Wildman–Crippen LogP) is 2.66. The number of amides is 1. The average molecular weight is 261 g/mol. The summed E-state index contributed by atoms with van der Waals surface area (Å²) in [4.78, 5) is 11.6. The van der Waals surface area contributed by atoms with Crippen LogP contribution in [0.3, 0.4) is 0 Å². The van der Waals surface area contributed by atoms with Gasteiger partial charge in [-0.3, -0.25) is 4.79 Å². The maximum absolute atomic E-state index is 11.6. The molecule has 19 heavy (non-hydrogen) atoms. The van der Waals surface area contributed by atoms with Gasteiger partial charge in [-0.25, -0.2) is 0 Å². The zero-order valence-electron chi connectivity index (χ0n) is 12.2. The van der Waals surface area contributed by atoms with E-state index < -0.39 is 5.60 Å². The molecule has 1 aliphatic heterocycles. The highest BCUT2D eigenvalue weighted by molar-refractivity contribution is 5.98. The summed E-state index contributed by atoms with van der Waals surface area (Å²) in [6.07, 6.45) is 1.76. The maximum atomic E-state index is 11.6. The number of carbonyl (C=O) groups excluding carboxylic acids is 1. The minimum Gasteiger partial charge on any atom is -0.390 e. The first-order valence-corrected chi connectivity index (χ1v) is 6.83. The number of aliphatic hydroxyl groups is 1. The first-order valence-electron chi connectivity index (χ1n) is 6.83. The molecule has 0 saturated carbocycles. The van der Waals surface area contributed by atoms with Crippen molar-refractivity contribution in [3.8, 4) is 0 Å². The number of rotatable bonds is 4. The summed E-state index contributed by atoms with van der Waals surface area (Å²) in [7, 11) is 0. The monoisotopic (exact) mass is 261 g/mol. The highest BCUT2D eigenvalue weighted by Gasteiger charge is 2.34. The Hall–Kier alpha value is -1.35. The van der Waals surface area contributed by atoms with E-state index in [2.05, 4.69) is 25.2 Å². The highest BCUT2D eigenvalue weighted by atomic mass is 16.3. The van der Waals surface area contributed by atoms with Crippen LogP contribution in [0.4, 0.5) is 0 Å². The van der Waals surface area contributed by atoms with Crippen molar-refractivity contribution in [2.75, 3.05) is 0 Å². The number of aryl methyl sites for hydroxylation is 1. The van der Waals surface area contributed by atoms with Gasteiger partial charge in [0, 0.05) is 12.1 Å². The van der Waals surface area contributed by atoms with Crippen molar-refractivity contribution in [1.82, 2.24) is 5.32 Å². The molecule has 1 aliphatic rings. The Morgan fingerprint density at radius 2 is 1.95 bits per heavy atom. The number of benzene rings is 1. The van der Waals surface area contributed by atoms with Crippen LogP contribution < -0.4 is 5.32 Å². The first kappa shape index (κ1) is 14.1. The zero-order valence-corrected chi connectivity index (χ0v) is 12.2. The summed E-state index contributed by atoms with van der Waals surface area (Å²) in [6, 6.07) is 6.09. The molecule has 0 aliphatic carbocycles. The molecule has 3 heteroatoms. The average Bonchev–Trinajstić information content (AvgIpc) is 2.67. The molecule has 3 nitrogen and oxygen atoms in total. The van der Waals surface area contributed by atoms with Gasteiger partial charge in [-0.2, -0.15) is 0 Å². The Labute approximate surface area is 115 Å².